The van der Waals surface area contributed by atoms with Crippen LogP contribution in [0.15, 0.2) is 36.5 Å². The number of hydrogen-bond donors (Lipinski definition) is 1. The Morgan fingerprint density at radius 1 is 1.23 bits per heavy atom. The number of nitrogens with zero attached hydrogens (tertiary/aromatic N) is 4. The van der Waals surface area contributed by atoms with E-state index >= 15 is 4.39 Å². The van der Waals surface area contributed by atoms with Gasteiger partial charge >= 0.3 is 6.03 Å². The Morgan fingerprint density at radius 2 is 1.97 bits per heavy atom. The lowest BCUT2D eigenvalue weighted by atomic mass is 9.98. The number of halogens is 1. The maximum Gasteiger partial charge on any atom is 0.324 e. The quantitative estimate of drug-likeness (QED) is 0.835. The number of benzene rings is 1. The molecule has 2 heterocycles. The molecule has 1 aromatic carbocycles. The van der Waals surface area contributed by atoms with Gasteiger partial charge in [0, 0.05) is 49.9 Å². The van der Waals surface area contributed by atoms with E-state index in [9.17, 15) is 9.59 Å². The highest BCUT2D eigenvalue weighted by molar-refractivity contribution is 5.98. The molecule has 0 spiro atoms. The standard InChI is InChI=1S/C22H28FN5O2/c1-15-8-9-18(12-25-15)28(21(24)30)19-7-5-6-17(20(19)23)13-26-10-11-27(16(2)29)22(3,4)14-26/h5-9,12H,10-11,13-14H2,1-4H3,(H2,24,30). The van der Waals surface area contributed by atoms with Gasteiger partial charge in [0.1, 0.15) is 0 Å². The topological polar surface area (TPSA) is 82.8 Å². The highest BCUT2D eigenvalue weighted by Crippen LogP contribution is 2.30. The highest BCUT2D eigenvalue weighted by Gasteiger charge is 2.35. The van der Waals surface area contributed by atoms with Crippen LogP contribution >= 0.6 is 0 Å². The molecule has 8 heteroatoms. The van der Waals surface area contributed by atoms with Gasteiger partial charge in [-0.15, -0.1) is 0 Å². The molecule has 0 radical (unpaired) electrons. The van der Waals surface area contributed by atoms with Gasteiger partial charge in [-0.2, -0.15) is 0 Å². The zero-order chi connectivity index (χ0) is 22.1. The summed E-state index contributed by atoms with van der Waals surface area (Å²) in [5.41, 5.74) is 6.96. The van der Waals surface area contributed by atoms with Crippen LogP contribution in [-0.4, -0.2) is 51.9 Å². The average Bonchev–Trinajstić information content (AvgIpc) is 2.65. The Morgan fingerprint density at radius 3 is 2.53 bits per heavy atom. The molecule has 1 fully saturated rings. The van der Waals surface area contributed by atoms with E-state index < -0.39 is 11.8 Å². The number of aryl methyl sites for hydroxylation is 1. The number of primary amides is 1. The molecule has 0 bridgehead atoms. The first-order chi connectivity index (χ1) is 14.1. The van der Waals surface area contributed by atoms with Gasteiger partial charge in [-0.1, -0.05) is 12.1 Å². The second-order valence-corrected chi connectivity index (χ2v) is 8.28. The Bertz CT molecular complexity index is 945. The molecule has 1 aliphatic heterocycles. The number of pyridine rings is 1. The first-order valence-electron chi connectivity index (χ1n) is 9.90. The van der Waals surface area contributed by atoms with Gasteiger partial charge in [0.2, 0.25) is 5.91 Å². The van der Waals surface area contributed by atoms with E-state index in [0.29, 0.717) is 37.4 Å². The van der Waals surface area contributed by atoms with E-state index in [-0.39, 0.29) is 17.1 Å². The highest BCUT2D eigenvalue weighted by atomic mass is 19.1. The largest absolute Gasteiger partial charge is 0.351 e. The Balaban J connectivity index is 1.87. The van der Waals surface area contributed by atoms with Gasteiger partial charge in [-0.3, -0.25) is 19.6 Å². The lowest BCUT2D eigenvalue weighted by molar-refractivity contribution is -0.138. The molecule has 7 nitrogen and oxygen atoms in total. The molecule has 3 rings (SSSR count). The zero-order valence-electron chi connectivity index (χ0n) is 17.9. The van der Waals surface area contributed by atoms with Gasteiger partial charge in [0.15, 0.2) is 5.82 Å². The summed E-state index contributed by atoms with van der Waals surface area (Å²) < 4.78 is 15.4. The van der Waals surface area contributed by atoms with Crippen LogP contribution in [0.1, 0.15) is 32.0 Å². The minimum absolute atomic E-state index is 0.0386. The predicted molar refractivity (Wildman–Crippen MR) is 114 cm³/mol. The molecule has 1 aliphatic rings. The summed E-state index contributed by atoms with van der Waals surface area (Å²) >= 11 is 0. The average molecular weight is 413 g/mol. The van der Waals surface area contributed by atoms with Gasteiger partial charge in [0.25, 0.3) is 0 Å². The van der Waals surface area contributed by atoms with Gasteiger partial charge in [0.05, 0.1) is 17.6 Å². The van der Waals surface area contributed by atoms with Gasteiger partial charge in [-0.05, 0) is 39.0 Å². The minimum Gasteiger partial charge on any atom is -0.351 e. The summed E-state index contributed by atoms with van der Waals surface area (Å²) in [6.45, 7) is 9.64. The van der Waals surface area contributed by atoms with E-state index in [0.717, 1.165) is 10.6 Å². The molecule has 1 saturated heterocycles. The second-order valence-electron chi connectivity index (χ2n) is 8.28. The maximum absolute atomic E-state index is 15.4. The number of carbonyl (C=O) groups is 2. The zero-order valence-corrected chi connectivity index (χ0v) is 17.9. The SMILES string of the molecule is CC(=O)N1CCN(Cc2cccc(N(C(N)=O)c3ccc(C)nc3)c2F)CC1(C)C. The van der Waals surface area contributed by atoms with Crippen LogP contribution in [0.2, 0.25) is 0 Å². The number of rotatable bonds is 4. The van der Waals surface area contributed by atoms with Crippen molar-refractivity contribution in [3.8, 4) is 0 Å². The molecule has 2 N–H and O–H groups in total. The fourth-order valence-electron chi connectivity index (χ4n) is 4.05. The predicted octanol–water partition coefficient (Wildman–Crippen LogP) is 3.19. The van der Waals surface area contributed by atoms with E-state index in [1.54, 1.807) is 31.2 Å². The smallest absolute Gasteiger partial charge is 0.324 e. The van der Waals surface area contributed by atoms with Crippen molar-refractivity contribution in [2.45, 2.75) is 39.8 Å². The summed E-state index contributed by atoms with van der Waals surface area (Å²) in [5, 5.41) is 0. The summed E-state index contributed by atoms with van der Waals surface area (Å²) in [4.78, 5) is 33.3. The Hall–Kier alpha value is -3.00. The first kappa shape index (κ1) is 21.7. The van der Waals surface area contributed by atoms with Crippen LogP contribution in [-0.2, 0) is 11.3 Å². The molecule has 3 amide bonds. The Kier molecular flexibility index (Phi) is 6.07. The van der Waals surface area contributed by atoms with Crippen LogP contribution < -0.4 is 10.6 Å². The third kappa shape index (κ3) is 4.43. The fourth-order valence-corrected chi connectivity index (χ4v) is 4.05. The minimum atomic E-state index is -0.784. The second kappa shape index (κ2) is 8.39. The summed E-state index contributed by atoms with van der Waals surface area (Å²) in [5.74, 6) is -0.458. The van der Waals surface area contributed by atoms with E-state index in [2.05, 4.69) is 9.88 Å². The lowest BCUT2D eigenvalue weighted by Gasteiger charge is -2.47. The molecule has 2 aromatic rings. The number of urea groups is 1. The molecule has 30 heavy (non-hydrogen) atoms. The van der Waals surface area contributed by atoms with Crippen molar-refractivity contribution in [2.24, 2.45) is 5.73 Å². The number of piperazine rings is 1. The van der Waals surface area contributed by atoms with Crippen molar-refractivity contribution in [3.63, 3.8) is 0 Å². The molecular weight excluding hydrogens is 385 g/mol. The number of anilines is 2. The summed E-state index contributed by atoms with van der Waals surface area (Å²) in [6.07, 6.45) is 1.50. The molecule has 0 unspecified atom stereocenters. The van der Waals surface area contributed by atoms with Crippen molar-refractivity contribution >= 4 is 23.3 Å². The summed E-state index contributed by atoms with van der Waals surface area (Å²) in [7, 11) is 0. The van der Waals surface area contributed by atoms with Crippen molar-refractivity contribution in [3.05, 3.63) is 53.6 Å². The molecular formula is C22H28FN5O2. The lowest BCUT2D eigenvalue weighted by Crippen LogP contribution is -2.60. The van der Waals surface area contributed by atoms with Crippen LogP contribution in [0.4, 0.5) is 20.6 Å². The third-order valence-electron chi connectivity index (χ3n) is 5.43. The molecule has 0 saturated carbocycles. The number of hydrogen-bond acceptors (Lipinski definition) is 4. The van der Waals surface area contributed by atoms with Crippen LogP contribution in [0.5, 0.6) is 0 Å². The Labute approximate surface area is 176 Å². The number of carbonyl (C=O) groups excluding carboxylic acids is 2. The van der Waals surface area contributed by atoms with E-state index in [1.807, 2.05) is 25.7 Å². The first-order valence-corrected chi connectivity index (χ1v) is 9.90. The van der Waals surface area contributed by atoms with Crippen molar-refractivity contribution in [2.75, 3.05) is 24.5 Å². The molecule has 0 atom stereocenters. The fraction of sp³-hybridized carbons (Fsp3) is 0.409. The monoisotopic (exact) mass is 413 g/mol. The maximum atomic E-state index is 15.4. The normalized spacial score (nSPS) is 16.4. The number of nitrogens with two attached hydrogens (primary N) is 1. The summed E-state index contributed by atoms with van der Waals surface area (Å²) in [6, 6.07) is 7.58. The van der Waals surface area contributed by atoms with Crippen LogP contribution in [0.3, 0.4) is 0 Å². The number of aromatic nitrogens is 1. The third-order valence-corrected chi connectivity index (χ3v) is 5.43. The van der Waals surface area contributed by atoms with Gasteiger partial charge < -0.3 is 10.6 Å². The molecule has 160 valence electrons. The van der Waals surface area contributed by atoms with Crippen molar-refractivity contribution in [1.82, 2.24) is 14.8 Å². The number of amides is 3. The van der Waals surface area contributed by atoms with Crippen LogP contribution in [0, 0.1) is 12.7 Å². The van der Waals surface area contributed by atoms with E-state index in [1.165, 1.54) is 12.3 Å². The van der Waals surface area contributed by atoms with Crippen molar-refractivity contribution in [1.29, 1.82) is 0 Å². The van der Waals surface area contributed by atoms with E-state index in [4.69, 9.17) is 5.73 Å². The molecule has 0 aliphatic carbocycles. The van der Waals surface area contributed by atoms with Crippen molar-refractivity contribution < 1.29 is 14.0 Å². The van der Waals surface area contributed by atoms with Gasteiger partial charge in [-0.25, -0.2) is 9.18 Å². The van der Waals surface area contributed by atoms with Crippen LogP contribution in [0.25, 0.3) is 0 Å². The molecule has 1 aromatic heterocycles.